The lowest BCUT2D eigenvalue weighted by Gasteiger charge is -2.11. The van der Waals surface area contributed by atoms with Crippen molar-refractivity contribution in [1.82, 2.24) is 14.7 Å². The summed E-state index contributed by atoms with van der Waals surface area (Å²) >= 11 is 6.34. The molecular formula is C25H26ClN3O4. The van der Waals surface area contributed by atoms with E-state index >= 15 is 0 Å². The first-order valence-corrected chi connectivity index (χ1v) is 11.3. The average Bonchev–Trinajstić information content (AvgIpc) is 3.45. The van der Waals surface area contributed by atoms with Gasteiger partial charge in [-0.1, -0.05) is 16.8 Å². The number of halogens is 1. The third-order valence-electron chi connectivity index (χ3n) is 5.25. The lowest BCUT2D eigenvalue weighted by atomic mass is 10.1. The van der Waals surface area contributed by atoms with Crippen LogP contribution in [0.5, 0.6) is 5.75 Å². The molecule has 0 atom stereocenters. The number of esters is 1. The quantitative estimate of drug-likeness (QED) is 0.217. The van der Waals surface area contributed by atoms with Crippen molar-refractivity contribution in [3.8, 4) is 28.6 Å². The van der Waals surface area contributed by atoms with Crippen LogP contribution in [-0.2, 0) is 16.1 Å². The number of hydrogen-bond donors (Lipinski definition) is 0. The van der Waals surface area contributed by atoms with E-state index in [1.807, 2.05) is 38.1 Å². The molecular weight excluding hydrogens is 442 g/mol. The number of rotatable bonds is 9. The van der Waals surface area contributed by atoms with Gasteiger partial charge in [-0.3, -0.25) is 4.79 Å². The van der Waals surface area contributed by atoms with Crippen LogP contribution in [0.25, 0.3) is 33.7 Å². The van der Waals surface area contributed by atoms with E-state index in [1.54, 1.807) is 6.07 Å². The number of carbonyl (C=O) groups excluding carboxylic acids is 1. The number of aromatic nitrogens is 3. The first-order valence-electron chi connectivity index (χ1n) is 10.9. The van der Waals surface area contributed by atoms with Crippen LogP contribution in [-0.4, -0.2) is 33.9 Å². The minimum absolute atomic E-state index is 0.0352. The molecule has 0 fully saturated rings. The van der Waals surface area contributed by atoms with Crippen molar-refractivity contribution in [3.05, 3.63) is 53.7 Å². The second kappa shape index (κ2) is 10.1. The zero-order chi connectivity index (χ0) is 23.4. The summed E-state index contributed by atoms with van der Waals surface area (Å²) in [5.41, 5.74) is 2.72. The molecule has 2 heterocycles. The fourth-order valence-electron chi connectivity index (χ4n) is 3.63. The van der Waals surface area contributed by atoms with Crippen LogP contribution in [0.1, 0.15) is 33.1 Å². The Labute approximate surface area is 197 Å². The Balaban J connectivity index is 1.48. The van der Waals surface area contributed by atoms with E-state index in [9.17, 15) is 4.79 Å². The first-order chi connectivity index (χ1) is 15.9. The highest BCUT2D eigenvalue weighted by Gasteiger charge is 2.14. The Hall–Kier alpha value is -3.32. The maximum Gasteiger partial charge on any atom is 0.305 e. The zero-order valence-electron chi connectivity index (χ0n) is 18.9. The Kier molecular flexibility index (Phi) is 6.99. The van der Waals surface area contributed by atoms with E-state index in [1.165, 1.54) is 7.11 Å². The summed E-state index contributed by atoms with van der Waals surface area (Å²) in [4.78, 5) is 15.8. The Morgan fingerprint density at radius 1 is 1.12 bits per heavy atom. The van der Waals surface area contributed by atoms with Gasteiger partial charge in [0.15, 0.2) is 0 Å². The second-order valence-corrected chi connectivity index (χ2v) is 8.46. The van der Waals surface area contributed by atoms with Crippen LogP contribution >= 0.6 is 11.6 Å². The second-order valence-electron chi connectivity index (χ2n) is 8.05. The summed E-state index contributed by atoms with van der Waals surface area (Å²) in [5.74, 6) is 1.36. The molecule has 2 aromatic carbocycles. The van der Waals surface area contributed by atoms with Crippen LogP contribution in [0.3, 0.4) is 0 Å². The summed E-state index contributed by atoms with van der Waals surface area (Å²) in [6.07, 6.45) is 4.23. The number of aryl methyl sites for hydroxylation is 1. The van der Waals surface area contributed by atoms with E-state index in [2.05, 4.69) is 33.0 Å². The number of hydrogen-bond acceptors (Lipinski definition) is 6. The van der Waals surface area contributed by atoms with Crippen LogP contribution in [0.15, 0.2) is 53.2 Å². The van der Waals surface area contributed by atoms with Crippen molar-refractivity contribution < 1.29 is 18.8 Å². The maximum atomic E-state index is 11.3. The fourth-order valence-corrected chi connectivity index (χ4v) is 3.85. The zero-order valence-corrected chi connectivity index (χ0v) is 19.6. The topological polar surface area (TPSA) is 79.4 Å². The van der Waals surface area contributed by atoms with Gasteiger partial charge >= 0.3 is 5.97 Å². The van der Waals surface area contributed by atoms with Crippen LogP contribution < -0.4 is 4.74 Å². The molecule has 0 amide bonds. The molecule has 0 unspecified atom stereocenters. The van der Waals surface area contributed by atoms with Gasteiger partial charge in [-0.05, 0) is 69.2 Å². The minimum Gasteiger partial charge on any atom is -0.489 e. The molecule has 172 valence electrons. The third kappa shape index (κ3) is 5.37. The van der Waals surface area contributed by atoms with E-state index in [4.69, 9.17) is 25.6 Å². The number of nitrogens with zero attached hydrogens (tertiary/aromatic N) is 3. The Morgan fingerprint density at radius 2 is 1.94 bits per heavy atom. The molecule has 0 saturated carbocycles. The number of unbranched alkanes of at least 4 members (excludes halogenated alkanes) is 1. The fraction of sp³-hybridized carbons (Fsp3) is 0.320. The van der Waals surface area contributed by atoms with Crippen molar-refractivity contribution >= 4 is 28.5 Å². The molecule has 33 heavy (non-hydrogen) atoms. The van der Waals surface area contributed by atoms with Crippen molar-refractivity contribution in [1.29, 1.82) is 0 Å². The van der Waals surface area contributed by atoms with Gasteiger partial charge in [0.2, 0.25) is 5.82 Å². The van der Waals surface area contributed by atoms with E-state index in [0.29, 0.717) is 28.9 Å². The van der Waals surface area contributed by atoms with Gasteiger partial charge in [0.25, 0.3) is 5.89 Å². The van der Waals surface area contributed by atoms with Gasteiger partial charge in [0.1, 0.15) is 5.75 Å². The molecule has 2 aromatic heterocycles. The number of methoxy groups -OCH3 is 1. The molecule has 0 spiro atoms. The monoisotopic (exact) mass is 467 g/mol. The van der Waals surface area contributed by atoms with Crippen LogP contribution in [0.2, 0.25) is 5.02 Å². The molecule has 0 bridgehead atoms. The highest BCUT2D eigenvalue weighted by molar-refractivity contribution is 6.32. The highest BCUT2D eigenvalue weighted by atomic mass is 35.5. The molecule has 4 rings (SSSR count). The molecule has 7 nitrogen and oxygen atoms in total. The number of ether oxygens (including phenoxy) is 2. The number of fused-ring (bicyclic) bond motifs is 1. The summed E-state index contributed by atoms with van der Waals surface area (Å²) in [6, 6.07) is 13.6. The number of carbonyl (C=O) groups is 1. The smallest absolute Gasteiger partial charge is 0.305 e. The molecule has 0 aliphatic heterocycles. The standard InChI is InChI=1S/C25H26ClN3O4/c1-16(2)32-22-10-8-19(15-20(22)26)25-27-24(28-33-25)18-7-9-21-17(14-18)11-13-29(21)12-5-4-6-23(30)31-3/h7-11,13-16H,4-6,12H2,1-3H3. The SMILES string of the molecule is COC(=O)CCCCn1ccc2cc(-c3noc(-c4ccc(OC(C)C)c(Cl)c4)n3)ccc21. The summed E-state index contributed by atoms with van der Waals surface area (Å²) < 4.78 is 18.0. The number of benzene rings is 2. The van der Waals surface area contributed by atoms with Gasteiger partial charge in [-0.15, -0.1) is 0 Å². The Bertz CT molecular complexity index is 1260. The molecule has 8 heteroatoms. The van der Waals surface area contributed by atoms with Gasteiger partial charge in [0, 0.05) is 41.2 Å². The van der Waals surface area contributed by atoms with Crippen molar-refractivity contribution in [2.45, 2.75) is 45.8 Å². The molecule has 0 saturated heterocycles. The van der Waals surface area contributed by atoms with Crippen LogP contribution in [0, 0.1) is 0 Å². The van der Waals surface area contributed by atoms with Gasteiger partial charge in [0.05, 0.1) is 18.2 Å². The predicted molar refractivity (Wildman–Crippen MR) is 127 cm³/mol. The summed E-state index contributed by atoms with van der Waals surface area (Å²) in [6.45, 7) is 4.74. The van der Waals surface area contributed by atoms with Gasteiger partial charge in [-0.2, -0.15) is 4.98 Å². The van der Waals surface area contributed by atoms with E-state index in [-0.39, 0.29) is 12.1 Å². The largest absolute Gasteiger partial charge is 0.489 e. The molecule has 0 aliphatic rings. The van der Waals surface area contributed by atoms with E-state index < -0.39 is 0 Å². The Morgan fingerprint density at radius 3 is 2.70 bits per heavy atom. The molecule has 4 aromatic rings. The first kappa shape index (κ1) is 22.9. The van der Waals surface area contributed by atoms with E-state index in [0.717, 1.165) is 41.4 Å². The van der Waals surface area contributed by atoms with Crippen LogP contribution in [0.4, 0.5) is 0 Å². The summed E-state index contributed by atoms with van der Waals surface area (Å²) in [5, 5.41) is 5.73. The van der Waals surface area contributed by atoms with Crippen molar-refractivity contribution in [2.24, 2.45) is 0 Å². The van der Waals surface area contributed by atoms with Gasteiger partial charge in [-0.25, -0.2) is 0 Å². The predicted octanol–water partition coefficient (Wildman–Crippen LogP) is 6.14. The molecule has 0 radical (unpaired) electrons. The minimum atomic E-state index is -0.168. The third-order valence-corrected chi connectivity index (χ3v) is 5.55. The summed E-state index contributed by atoms with van der Waals surface area (Å²) in [7, 11) is 1.42. The molecule has 0 N–H and O–H groups in total. The normalized spacial score (nSPS) is 11.3. The lowest BCUT2D eigenvalue weighted by molar-refractivity contribution is -0.140. The molecule has 0 aliphatic carbocycles. The van der Waals surface area contributed by atoms with Crippen molar-refractivity contribution in [2.75, 3.05) is 7.11 Å². The highest BCUT2D eigenvalue weighted by Crippen LogP contribution is 2.32. The van der Waals surface area contributed by atoms with Crippen molar-refractivity contribution in [3.63, 3.8) is 0 Å². The van der Waals surface area contributed by atoms with Gasteiger partial charge < -0.3 is 18.6 Å². The average molecular weight is 468 g/mol. The maximum absolute atomic E-state index is 11.3. The lowest BCUT2D eigenvalue weighted by Crippen LogP contribution is -2.05.